The molecule has 1 amide bonds. The Hall–Kier alpha value is -0.610. The number of primary amides is 1. The van der Waals surface area contributed by atoms with Gasteiger partial charge in [-0.2, -0.15) is 0 Å². The van der Waals surface area contributed by atoms with Gasteiger partial charge in [0.1, 0.15) is 0 Å². The Bertz CT molecular complexity index is 266. The minimum Gasteiger partial charge on any atom is -0.368 e. The summed E-state index contributed by atoms with van der Waals surface area (Å²) in [4.78, 5) is 13.6. The summed E-state index contributed by atoms with van der Waals surface area (Å²) in [5.74, 6) is -0.156. The van der Waals surface area contributed by atoms with Crippen LogP contribution in [0.2, 0.25) is 0 Å². The Morgan fingerprint density at radius 3 is 2.67 bits per heavy atom. The van der Waals surface area contributed by atoms with Gasteiger partial charge in [0.05, 0.1) is 6.04 Å². The molecule has 0 aromatic rings. The number of likely N-dealkylation sites (tertiary alicyclic amines) is 1. The summed E-state index contributed by atoms with van der Waals surface area (Å²) in [5, 5.41) is 0. The maximum absolute atomic E-state index is 11.4. The quantitative estimate of drug-likeness (QED) is 0.677. The maximum atomic E-state index is 11.4. The number of carbonyl (C=O) groups excluding carboxylic acids is 1. The highest BCUT2D eigenvalue weighted by Crippen LogP contribution is 2.22. The zero-order valence-corrected chi connectivity index (χ0v) is 12.0. The molecule has 0 spiro atoms. The van der Waals surface area contributed by atoms with Gasteiger partial charge in [0.15, 0.2) is 0 Å². The lowest BCUT2D eigenvalue weighted by atomic mass is 9.87. The summed E-state index contributed by atoms with van der Waals surface area (Å²) in [7, 11) is 0. The number of hydrogen-bond donors (Lipinski definition) is 2. The lowest BCUT2D eigenvalue weighted by Crippen LogP contribution is -2.47. The van der Waals surface area contributed by atoms with Crippen LogP contribution >= 0.6 is 0 Å². The van der Waals surface area contributed by atoms with Crippen molar-refractivity contribution >= 4 is 5.91 Å². The van der Waals surface area contributed by atoms with Gasteiger partial charge in [-0.1, -0.05) is 26.7 Å². The fraction of sp³-hybridized carbons (Fsp3) is 0.929. The molecule has 0 aromatic carbocycles. The molecule has 0 bridgehead atoms. The van der Waals surface area contributed by atoms with Crippen molar-refractivity contribution in [3.05, 3.63) is 0 Å². The summed E-state index contributed by atoms with van der Waals surface area (Å²) < 4.78 is 0. The summed E-state index contributed by atoms with van der Waals surface area (Å²) >= 11 is 0. The Balaban J connectivity index is 2.27. The Labute approximate surface area is 111 Å². The van der Waals surface area contributed by atoms with Gasteiger partial charge in [-0.25, -0.2) is 0 Å². The Morgan fingerprint density at radius 1 is 1.33 bits per heavy atom. The van der Waals surface area contributed by atoms with E-state index in [0.29, 0.717) is 0 Å². The molecule has 1 saturated heterocycles. The van der Waals surface area contributed by atoms with Crippen molar-refractivity contribution in [2.24, 2.45) is 16.9 Å². The van der Waals surface area contributed by atoms with E-state index >= 15 is 0 Å². The smallest absolute Gasteiger partial charge is 0.234 e. The molecule has 1 aliphatic rings. The molecule has 0 aromatic heterocycles. The standard InChI is InChI=1S/C14H29N3O/c1-14(2,11-15)8-4-6-10-17-9-5-3-7-12(17)13(16)18/h12H,3-11,15H2,1-2H3,(H2,16,18). The van der Waals surface area contributed by atoms with Crippen LogP contribution in [0, 0.1) is 5.41 Å². The first-order valence-corrected chi connectivity index (χ1v) is 7.20. The van der Waals surface area contributed by atoms with Crippen molar-refractivity contribution in [3.8, 4) is 0 Å². The topological polar surface area (TPSA) is 72.3 Å². The summed E-state index contributed by atoms with van der Waals surface area (Å²) in [6, 6.07) is -0.0266. The number of amides is 1. The van der Waals surface area contributed by atoms with Gasteiger partial charge in [0, 0.05) is 0 Å². The number of hydrogen-bond acceptors (Lipinski definition) is 3. The van der Waals surface area contributed by atoms with Crippen LogP contribution in [-0.4, -0.2) is 36.5 Å². The van der Waals surface area contributed by atoms with Gasteiger partial charge in [-0.05, 0) is 50.7 Å². The van der Waals surface area contributed by atoms with E-state index in [-0.39, 0.29) is 17.4 Å². The van der Waals surface area contributed by atoms with E-state index in [2.05, 4.69) is 18.7 Å². The molecule has 1 aliphatic heterocycles. The van der Waals surface area contributed by atoms with E-state index in [0.717, 1.165) is 45.3 Å². The SMILES string of the molecule is CC(C)(CN)CCCCN1CCCCC1C(N)=O. The average Bonchev–Trinajstić information content (AvgIpc) is 2.35. The van der Waals surface area contributed by atoms with Crippen molar-refractivity contribution in [1.82, 2.24) is 4.90 Å². The van der Waals surface area contributed by atoms with Gasteiger partial charge < -0.3 is 11.5 Å². The number of rotatable bonds is 7. The van der Waals surface area contributed by atoms with E-state index in [1.165, 1.54) is 12.8 Å². The third-order valence-electron chi connectivity index (χ3n) is 4.04. The summed E-state index contributed by atoms with van der Waals surface area (Å²) in [6.45, 7) is 7.17. The van der Waals surface area contributed by atoms with Gasteiger partial charge in [-0.15, -0.1) is 0 Å². The van der Waals surface area contributed by atoms with Crippen LogP contribution in [-0.2, 0) is 4.79 Å². The third-order valence-corrected chi connectivity index (χ3v) is 4.04. The summed E-state index contributed by atoms with van der Waals surface area (Å²) in [6.07, 6.45) is 6.71. The van der Waals surface area contributed by atoms with Crippen molar-refractivity contribution in [2.75, 3.05) is 19.6 Å². The fourth-order valence-corrected chi connectivity index (χ4v) is 2.60. The molecular weight excluding hydrogens is 226 g/mol. The largest absolute Gasteiger partial charge is 0.368 e. The molecular formula is C14H29N3O. The van der Waals surface area contributed by atoms with Gasteiger partial charge in [0.2, 0.25) is 5.91 Å². The second-order valence-electron chi connectivity index (χ2n) is 6.28. The Morgan fingerprint density at radius 2 is 2.06 bits per heavy atom. The molecule has 18 heavy (non-hydrogen) atoms. The average molecular weight is 255 g/mol. The molecule has 0 saturated carbocycles. The number of carbonyl (C=O) groups is 1. The molecule has 4 N–H and O–H groups in total. The molecule has 1 unspecified atom stereocenters. The molecule has 4 nitrogen and oxygen atoms in total. The molecule has 106 valence electrons. The maximum Gasteiger partial charge on any atom is 0.234 e. The minimum absolute atomic E-state index is 0.0266. The van der Waals surface area contributed by atoms with Crippen LogP contribution < -0.4 is 11.5 Å². The monoisotopic (exact) mass is 255 g/mol. The first-order chi connectivity index (χ1) is 8.46. The number of piperidine rings is 1. The van der Waals surface area contributed by atoms with E-state index in [4.69, 9.17) is 11.5 Å². The number of nitrogens with two attached hydrogens (primary N) is 2. The lowest BCUT2D eigenvalue weighted by Gasteiger charge is -2.33. The normalized spacial score (nSPS) is 22.1. The predicted octanol–water partition coefficient (Wildman–Crippen LogP) is 1.48. The summed E-state index contributed by atoms with van der Waals surface area (Å²) in [5.41, 5.74) is 11.4. The highest BCUT2D eigenvalue weighted by molar-refractivity contribution is 5.79. The van der Waals surface area contributed by atoms with Gasteiger partial charge in [0.25, 0.3) is 0 Å². The van der Waals surface area contributed by atoms with E-state index < -0.39 is 0 Å². The van der Waals surface area contributed by atoms with Crippen LogP contribution in [0.1, 0.15) is 52.4 Å². The van der Waals surface area contributed by atoms with Gasteiger partial charge in [-0.3, -0.25) is 9.69 Å². The minimum atomic E-state index is -0.156. The van der Waals surface area contributed by atoms with Crippen LogP contribution in [0.3, 0.4) is 0 Å². The third kappa shape index (κ3) is 4.94. The molecule has 4 heteroatoms. The zero-order valence-electron chi connectivity index (χ0n) is 12.0. The van der Waals surface area contributed by atoms with Gasteiger partial charge >= 0.3 is 0 Å². The van der Waals surface area contributed by atoms with E-state index in [1.54, 1.807) is 0 Å². The first-order valence-electron chi connectivity index (χ1n) is 7.20. The zero-order chi connectivity index (χ0) is 13.6. The van der Waals surface area contributed by atoms with Crippen LogP contribution in [0.15, 0.2) is 0 Å². The highest BCUT2D eigenvalue weighted by Gasteiger charge is 2.26. The van der Waals surface area contributed by atoms with Crippen molar-refractivity contribution in [1.29, 1.82) is 0 Å². The molecule has 1 heterocycles. The van der Waals surface area contributed by atoms with E-state index in [9.17, 15) is 4.79 Å². The van der Waals surface area contributed by atoms with Crippen molar-refractivity contribution < 1.29 is 4.79 Å². The predicted molar refractivity (Wildman–Crippen MR) is 75.1 cm³/mol. The molecule has 1 atom stereocenters. The first kappa shape index (κ1) is 15.4. The van der Waals surface area contributed by atoms with Crippen molar-refractivity contribution in [3.63, 3.8) is 0 Å². The highest BCUT2D eigenvalue weighted by atomic mass is 16.1. The van der Waals surface area contributed by atoms with Crippen molar-refractivity contribution in [2.45, 2.75) is 58.4 Å². The molecule has 1 fully saturated rings. The fourth-order valence-electron chi connectivity index (χ4n) is 2.60. The second kappa shape index (κ2) is 7.10. The Kier molecular flexibility index (Phi) is 6.09. The lowest BCUT2D eigenvalue weighted by molar-refractivity contribution is -0.124. The van der Waals surface area contributed by atoms with Crippen LogP contribution in [0.5, 0.6) is 0 Å². The number of nitrogens with zero attached hydrogens (tertiary/aromatic N) is 1. The number of unbranched alkanes of at least 4 members (excludes halogenated alkanes) is 1. The second-order valence-corrected chi connectivity index (χ2v) is 6.28. The molecule has 0 radical (unpaired) electrons. The van der Waals surface area contributed by atoms with Crippen LogP contribution in [0.25, 0.3) is 0 Å². The molecule has 1 rings (SSSR count). The van der Waals surface area contributed by atoms with E-state index in [1.807, 2.05) is 0 Å². The van der Waals surface area contributed by atoms with Crippen LogP contribution in [0.4, 0.5) is 0 Å². The molecule has 0 aliphatic carbocycles.